The van der Waals surface area contributed by atoms with Crippen LogP contribution in [0.25, 0.3) is 5.69 Å². The van der Waals surface area contributed by atoms with Gasteiger partial charge in [-0.2, -0.15) is 5.10 Å². The van der Waals surface area contributed by atoms with Crippen molar-refractivity contribution < 1.29 is 14.7 Å². The van der Waals surface area contributed by atoms with Crippen molar-refractivity contribution in [2.75, 3.05) is 5.32 Å². The monoisotopic (exact) mass is 375 g/mol. The number of anilines is 1. The molecular formula is C22H21N3O3. The Labute approximate surface area is 162 Å². The number of nitrogens with zero attached hydrogens (tertiary/aromatic N) is 2. The molecule has 142 valence electrons. The molecule has 0 aliphatic carbocycles. The molecule has 1 aliphatic rings. The van der Waals surface area contributed by atoms with Crippen LogP contribution in [0.3, 0.4) is 0 Å². The number of aromatic nitrogens is 2. The number of rotatable bonds is 4. The summed E-state index contributed by atoms with van der Waals surface area (Å²) in [6.07, 6.45) is 0.971. The minimum Gasteiger partial charge on any atom is -0.508 e. The number of carbonyl (C=O) groups is 2. The van der Waals surface area contributed by atoms with E-state index in [0.29, 0.717) is 17.1 Å². The van der Waals surface area contributed by atoms with Crippen LogP contribution in [0, 0.1) is 6.92 Å². The van der Waals surface area contributed by atoms with E-state index in [4.69, 9.17) is 0 Å². The van der Waals surface area contributed by atoms with Crippen molar-refractivity contribution >= 4 is 17.5 Å². The van der Waals surface area contributed by atoms with Gasteiger partial charge in [-0.15, -0.1) is 0 Å². The minimum atomic E-state index is -0.601. The van der Waals surface area contributed by atoms with Gasteiger partial charge >= 0.3 is 0 Å². The number of ketones is 1. The second-order valence-electron chi connectivity index (χ2n) is 7.00. The number of phenols is 1. The molecule has 1 atom stereocenters. The lowest BCUT2D eigenvalue weighted by Gasteiger charge is -2.23. The van der Waals surface area contributed by atoms with Gasteiger partial charge in [0.25, 0.3) is 0 Å². The summed E-state index contributed by atoms with van der Waals surface area (Å²) < 4.78 is 1.71. The Bertz CT molecular complexity index is 1070. The molecular weight excluding hydrogens is 354 g/mol. The first-order valence-corrected chi connectivity index (χ1v) is 9.30. The van der Waals surface area contributed by atoms with E-state index < -0.39 is 5.92 Å². The van der Waals surface area contributed by atoms with Crippen LogP contribution < -0.4 is 5.32 Å². The molecule has 6 heteroatoms. The summed E-state index contributed by atoms with van der Waals surface area (Å²) in [6, 6.07) is 14.1. The van der Waals surface area contributed by atoms with E-state index in [1.807, 2.05) is 31.2 Å². The standard InChI is InChI=1S/C22H21N3O3/c1-3-14-5-4-6-16(11-14)25-22-20(13(2)24-25)18(12-19(27)23-22)21(28)15-7-9-17(26)10-8-15/h4-11,18,26H,3,12H2,1-2H3,(H,23,27)/t18-/m1/s1. The maximum absolute atomic E-state index is 13.1. The number of Topliss-reactive ketones (excluding diaryl/α,β-unsaturated/α-hetero) is 1. The molecule has 2 aromatic carbocycles. The number of carbonyl (C=O) groups excluding carboxylic acids is 2. The van der Waals surface area contributed by atoms with Crippen LogP contribution in [-0.2, 0) is 11.2 Å². The van der Waals surface area contributed by atoms with E-state index in [-0.39, 0.29) is 23.9 Å². The smallest absolute Gasteiger partial charge is 0.226 e. The third kappa shape index (κ3) is 3.07. The van der Waals surface area contributed by atoms with E-state index in [1.54, 1.807) is 16.8 Å². The van der Waals surface area contributed by atoms with Crippen molar-refractivity contribution in [1.82, 2.24) is 9.78 Å². The highest BCUT2D eigenvalue weighted by Crippen LogP contribution is 2.38. The first kappa shape index (κ1) is 18.0. The van der Waals surface area contributed by atoms with Crippen LogP contribution in [0.4, 0.5) is 5.82 Å². The highest BCUT2D eigenvalue weighted by molar-refractivity contribution is 6.08. The molecule has 0 fully saturated rings. The van der Waals surface area contributed by atoms with Crippen LogP contribution >= 0.6 is 0 Å². The maximum atomic E-state index is 13.1. The van der Waals surface area contributed by atoms with E-state index in [2.05, 4.69) is 17.3 Å². The van der Waals surface area contributed by atoms with E-state index >= 15 is 0 Å². The summed E-state index contributed by atoms with van der Waals surface area (Å²) in [7, 11) is 0. The van der Waals surface area contributed by atoms with Gasteiger partial charge in [0.05, 0.1) is 17.3 Å². The minimum absolute atomic E-state index is 0.0776. The van der Waals surface area contributed by atoms with Gasteiger partial charge in [-0.1, -0.05) is 19.1 Å². The van der Waals surface area contributed by atoms with Crippen molar-refractivity contribution in [3.8, 4) is 11.4 Å². The number of hydrogen-bond acceptors (Lipinski definition) is 4. The first-order valence-electron chi connectivity index (χ1n) is 9.30. The van der Waals surface area contributed by atoms with Gasteiger partial charge in [0.1, 0.15) is 11.6 Å². The van der Waals surface area contributed by atoms with Crippen LogP contribution in [-0.4, -0.2) is 26.6 Å². The topological polar surface area (TPSA) is 84.2 Å². The number of aromatic hydroxyl groups is 1. The quantitative estimate of drug-likeness (QED) is 0.680. The molecule has 0 spiro atoms. The molecule has 1 aliphatic heterocycles. The Hall–Kier alpha value is -3.41. The average molecular weight is 375 g/mol. The Morgan fingerprint density at radius 2 is 2.00 bits per heavy atom. The third-order valence-corrected chi connectivity index (χ3v) is 5.13. The Balaban J connectivity index is 1.81. The maximum Gasteiger partial charge on any atom is 0.226 e. The molecule has 0 radical (unpaired) electrons. The zero-order valence-electron chi connectivity index (χ0n) is 15.8. The van der Waals surface area contributed by atoms with Gasteiger partial charge in [-0.3, -0.25) is 9.59 Å². The Kier molecular flexibility index (Phi) is 4.47. The van der Waals surface area contributed by atoms with Gasteiger partial charge < -0.3 is 10.4 Å². The third-order valence-electron chi connectivity index (χ3n) is 5.13. The largest absolute Gasteiger partial charge is 0.508 e. The fraction of sp³-hybridized carbons (Fsp3) is 0.227. The number of aryl methyl sites for hydroxylation is 2. The fourth-order valence-electron chi connectivity index (χ4n) is 3.69. The van der Waals surface area contributed by atoms with Crippen LogP contribution in [0.5, 0.6) is 5.75 Å². The Morgan fingerprint density at radius 1 is 1.25 bits per heavy atom. The molecule has 1 amide bonds. The number of hydrogen-bond donors (Lipinski definition) is 2. The zero-order chi connectivity index (χ0) is 19.8. The Morgan fingerprint density at radius 3 is 2.71 bits per heavy atom. The van der Waals surface area contributed by atoms with Crippen molar-refractivity contribution in [3.05, 3.63) is 70.9 Å². The van der Waals surface area contributed by atoms with E-state index in [9.17, 15) is 14.7 Å². The fourth-order valence-corrected chi connectivity index (χ4v) is 3.69. The predicted molar refractivity (Wildman–Crippen MR) is 106 cm³/mol. The SMILES string of the molecule is CCc1cccc(-n2nc(C)c3c2NC(=O)C[C@H]3C(=O)c2ccc(O)cc2)c1. The molecule has 6 nitrogen and oxygen atoms in total. The lowest BCUT2D eigenvalue weighted by Crippen LogP contribution is -2.28. The molecule has 1 aromatic heterocycles. The van der Waals surface area contributed by atoms with Gasteiger partial charge in [-0.25, -0.2) is 4.68 Å². The molecule has 2 N–H and O–H groups in total. The molecule has 28 heavy (non-hydrogen) atoms. The number of benzene rings is 2. The molecule has 0 saturated heterocycles. The first-order chi connectivity index (χ1) is 13.5. The average Bonchev–Trinajstić information content (AvgIpc) is 3.04. The number of amides is 1. The van der Waals surface area contributed by atoms with Gasteiger partial charge in [0.15, 0.2) is 5.78 Å². The van der Waals surface area contributed by atoms with Crippen LogP contribution in [0.15, 0.2) is 48.5 Å². The van der Waals surface area contributed by atoms with Gasteiger partial charge in [0, 0.05) is 17.5 Å². The van der Waals surface area contributed by atoms with Crippen molar-refractivity contribution in [3.63, 3.8) is 0 Å². The second kappa shape index (κ2) is 6.96. The zero-order valence-corrected chi connectivity index (χ0v) is 15.8. The summed E-state index contributed by atoms with van der Waals surface area (Å²) in [5.41, 5.74) is 3.94. The van der Waals surface area contributed by atoms with Gasteiger partial charge in [-0.05, 0) is 55.3 Å². The molecule has 0 unspecified atom stereocenters. The molecule has 4 rings (SSSR count). The molecule has 2 heterocycles. The predicted octanol–water partition coefficient (Wildman–Crippen LogP) is 3.76. The molecule has 0 saturated carbocycles. The van der Waals surface area contributed by atoms with Crippen molar-refractivity contribution in [2.24, 2.45) is 0 Å². The van der Waals surface area contributed by atoms with Gasteiger partial charge in [0.2, 0.25) is 5.91 Å². The molecule has 3 aromatic rings. The summed E-state index contributed by atoms with van der Waals surface area (Å²) in [4.78, 5) is 25.5. The highest BCUT2D eigenvalue weighted by atomic mass is 16.3. The summed E-state index contributed by atoms with van der Waals surface area (Å²) in [6.45, 7) is 3.94. The summed E-state index contributed by atoms with van der Waals surface area (Å²) in [5.74, 6) is -0.313. The van der Waals surface area contributed by atoms with Crippen LogP contribution in [0.1, 0.15) is 46.4 Å². The van der Waals surface area contributed by atoms with Crippen molar-refractivity contribution in [2.45, 2.75) is 32.6 Å². The van der Waals surface area contributed by atoms with Crippen molar-refractivity contribution in [1.29, 1.82) is 0 Å². The summed E-state index contributed by atoms with van der Waals surface area (Å²) in [5, 5.41) is 17.0. The van der Waals surface area contributed by atoms with E-state index in [1.165, 1.54) is 17.7 Å². The van der Waals surface area contributed by atoms with Crippen LogP contribution in [0.2, 0.25) is 0 Å². The molecule has 0 bridgehead atoms. The lowest BCUT2D eigenvalue weighted by molar-refractivity contribution is -0.116. The normalized spacial score (nSPS) is 15.8. The number of nitrogens with one attached hydrogen (secondary N) is 1. The summed E-state index contributed by atoms with van der Waals surface area (Å²) >= 11 is 0. The lowest BCUT2D eigenvalue weighted by atomic mass is 9.85. The highest BCUT2D eigenvalue weighted by Gasteiger charge is 2.36. The van der Waals surface area contributed by atoms with E-state index in [0.717, 1.165) is 17.7 Å². The number of phenolic OH excluding ortho intramolecular Hbond substituents is 1. The number of fused-ring (bicyclic) bond motifs is 1. The second-order valence-corrected chi connectivity index (χ2v) is 7.00.